The van der Waals surface area contributed by atoms with Crippen molar-refractivity contribution < 1.29 is 26.7 Å². The van der Waals surface area contributed by atoms with Crippen molar-refractivity contribution in [1.82, 2.24) is 4.72 Å². The summed E-state index contributed by atoms with van der Waals surface area (Å²) in [5.41, 5.74) is 0. The molecule has 2 rings (SSSR count). The van der Waals surface area contributed by atoms with Gasteiger partial charge in [0.05, 0.1) is 12.4 Å². The number of sulfonamides is 1. The van der Waals surface area contributed by atoms with Crippen molar-refractivity contribution in [2.24, 2.45) is 5.92 Å². The summed E-state index contributed by atoms with van der Waals surface area (Å²) < 4.78 is 57.0. The van der Waals surface area contributed by atoms with E-state index in [0.29, 0.717) is 0 Å². The van der Waals surface area contributed by atoms with Gasteiger partial charge in [-0.2, -0.15) is 5.26 Å². The molecule has 1 aliphatic carbocycles. The molecule has 1 aromatic heterocycles. The number of furan rings is 1. The number of alkyl halides is 2. The van der Waals surface area contributed by atoms with Gasteiger partial charge in [0.2, 0.25) is 21.7 Å². The van der Waals surface area contributed by atoms with Crippen LogP contribution in [0.1, 0.15) is 31.4 Å². The molecule has 0 bridgehead atoms. The Labute approximate surface area is 126 Å². The summed E-state index contributed by atoms with van der Waals surface area (Å²) in [7, 11) is -3.99. The number of rotatable bonds is 5. The van der Waals surface area contributed by atoms with E-state index in [2.05, 4.69) is 4.72 Å². The summed E-state index contributed by atoms with van der Waals surface area (Å²) in [6.07, 6.45) is -0.296. The number of aliphatic hydroxyl groups excluding tert-OH is 1. The van der Waals surface area contributed by atoms with Crippen LogP contribution >= 0.6 is 0 Å². The fraction of sp³-hybridized carbons (Fsp3) is 0.615. The van der Waals surface area contributed by atoms with Crippen molar-refractivity contribution in [3.8, 4) is 6.07 Å². The molecular weight excluding hydrogens is 318 g/mol. The molecule has 0 aliphatic heterocycles. The Morgan fingerprint density at radius 1 is 1.50 bits per heavy atom. The molecule has 9 heteroatoms. The standard InChI is InChI=1S/C13H16F2N2O4S/c14-13(15)4-1-9(2-5-13)10(18)8-17-22(19,20)12-3-6-21-11(12)7-16/h3,6,9-10,17-18H,1-2,4-5,8H2. The second-order valence-electron chi connectivity index (χ2n) is 5.34. The molecular formula is C13H16F2N2O4S. The number of aliphatic hydroxyl groups is 1. The normalized spacial score (nSPS) is 20.5. The summed E-state index contributed by atoms with van der Waals surface area (Å²) >= 11 is 0. The second-order valence-corrected chi connectivity index (χ2v) is 7.07. The van der Waals surface area contributed by atoms with E-state index in [9.17, 15) is 22.3 Å². The molecule has 6 nitrogen and oxygen atoms in total. The third-order valence-corrected chi connectivity index (χ3v) is 5.26. The van der Waals surface area contributed by atoms with Crippen LogP contribution in [0.2, 0.25) is 0 Å². The maximum absolute atomic E-state index is 13.1. The third kappa shape index (κ3) is 3.82. The van der Waals surface area contributed by atoms with E-state index in [0.717, 1.165) is 12.3 Å². The van der Waals surface area contributed by atoms with E-state index in [4.69, 9.17) is 9.68 Å². The Kier molecular flexibility index (Phi) is 4.84. The van der Waals surface area contributed by atoms with Crippen LogP contribution in [0.15, 0.2) is 21.6 Å². The fourth-order valence-corrected chi connectivity index (χ4v) is 3.60. The van der Waals surface area contributed by atoms with Crippen molar-refractivity contribution in [2.75, 3.05) is 6.54 Å². The van der Waals surface area contributed by atoms with Crippen LogP contribution in [0, 0.1) is 17.2 Å². The van der Waals surface area contributed by atoms with Crippen molar-refractivity contribution in [3.63, 3.8) is 0 Å². The number of hydrogen-bond donors (Lipinski definition) is 2. The van der Waals surface area contributed by atoms with Crippen molar-refractivity contribution in [3.05, 3.63) is 18.1 Å². The monoisotopic (exact) mass is 334 g/mol. The number of nitrogens with one attached hydrogen (secondary N) is 1. The van der Waals surface area contributed by atoms with Crippen molar-refractivity contribution in [1.29, 1.82) is 5.26 Å². The quantitative estimate of drug-likeness (QED) is 0.851. The summed E-state index contributed by atoms with van der Waals surface area (Å²) in [5, 5.41) is 18.7. The van der Waals surface area contributed by atoms with Gasteiger partial charge in [-0.1, -0.05) is 0 Å². The first-order valence-corrected chi connectivity index (χ1v) is 8.27. The Balaban J connectivity index is 1.94. The van der Waals surface area contributed by atoms with Crippen LogP contribution in [0.3, 0.4) is 0 Å². The third-order valence-electron chi connectivity index (χ3n) is 3.81. The first-order valence-electron chi connectivity index (χ1n) is 6.78. The van der Waals surface area contributed by atoms with Crippen LogP contribution in [0.4, 0.5) is 8.78 Å². The Morgan fingerprint density at radius 2 is 2.14 bits per heavy atom. The smallest absolute Gasteiger partial charge is 0.248 e. The molecule has 22 heavy (non-hydrogen) atoms. The highest BCUT2D eigenvalue weighted by Crippen LogP contribution is 2.37. The van der Waals surface area contributed by atoms with Gasteiger partial charge in [-0.25, -0.2) is 21.9 Å². The number of hydrogen-bond acceptors (Lipinski definition) is 5. The summed E-state index contributed by atoms with van der Waals surface area (Å²) in [6.45, 7) is -0.297. The molecule has 1 saturated carbocycles. The maximum atomic E-state index is 13.1. The molecule has 0 amide bonds. The molecule has 1 aromatic rings. The average molecular weight is 334 g/mol. The van der Waals surface area contributed by atoms with Gasteiger partial charge in [0.15, 0.2) is 0 Å². The first kappa shape index (κ1) is 16.9. The SMILES string of the molecule is N#Cc1occc1S(=O)(=O)NCC(O)C1CCC(F)(F)CC1. The lowest BCUT2D eigenvalue weighted by atomic mass is 9.83. The van der Waals surface area contributed by atoms with Gasteiger partial charge in [0.25, 0.3) is 0 Å². The molecule has 1 aliphatic rings. The Morgan fingerprint density at radius 3 is 2.73 bits per heavy atom. The maximum Gasteiger partial charge on any atom is 0.248 e. The van der Waals surface area contributed by atoms with Crippen LogP contribution in [-0.2, 0) is 10.0 Å². The highest BCUT2D eigenvalue weighted by Gasteiger charge is 2.37. The predicted octanol–water partition coefficient (Wildman–Crippen LogP) is 1.62. The summed E-state index contributed by atoms with van der Waals surface area (Å²) in [6, 6.07) is 2.74. The van der Waals surface area contributed by atoms with Gasteiger partial charge in [-0.3, -0.25) is 0 Å². The van der Waals surface area contributed by atoms with Crippen LogP contribution in [0.5, 0.6) is 0 Å². The predicted molar refractivity (Wildman–Crippen MR) is 71.5 cm³/mol. The summed E-state index contributed by atoms with van der Waals surface area (Å²) in [5.74, 6) is -3.42. The van der Waals surface area contributed by atoms with Crippen LogP contribution < -0.4 is 4.72 Å². The van der Waals surface area contributed by atoms with Gasteiger partial charge >= 0.3 is 0 Å². The molecule has 122 valence electrons. The van der Waals surface area contributed by atoms with Gasteiger partial charge in [0, 0.05) is 19.4 Å². The van der Waals surface area contributed by atoms with Gasteiger partial charge in [-0.15, -0.1) is 0 Å². The second kappa shape index (κ2) is 6.32. The van der Waals surface area contributed by atoms with E-state index in [1.807, 2.05) is 0 Å². The van der Waals surface area contributed by atoms with Gasteiger partial charge in [-0.05, 0) is 24.8 Å². The van der Waals surface area contributed by atoms with E-state index in [1.165, 1.54) is 0 Å². The molecule has 1 fully saturated rings. The van der Waals surface area contributed by atoms with Crippen molar-refractivity contribution in [2.45, 2.75) is 42.6 Å². The number of halogens is 2. The zero-order valence-electron chi connectivity index (χ0n) is 11.6. The minimum Gasteiger partial charge on any atom is -0.452 e. The van der Waals surface area contributed by atoms with E-state index in [1.54, 1.807) is 6.07 Å². The topological polar surface area (TPSA) is 103 Å². The van der Waals surface area contributed by atoms with Crippen LogP contribution in [-0.4, -0.2) is 32.1 Å². The van der Waals surface area contributed by atoms with Crippen LogP contribution in [0.25, 0.3) is 0 Å². The Bertz CT molecular complexity index is 656. The molecule has 0 spiro atoms. The first-order chi connectivity index (χ1) is 10.2. The molecule has 0 radical (unpaired) electrons. The zero-order valence-corrected chi connectivity index (χ0v) is 12.4. The van der Waals surface area contributed by atoms with E-state index >= 15 is 0 Å². The van der Waals surface area contributed by atoms with E-state index < -0.39 is 22.0 Å². The van der Waals surface area contributed by atoms with Crippen molar-refractivity contribution >= 4 is 10.0 Å². The highest BCUT2D eigenvalue weighted by molar-refractivity contribution is 7.89. The lowest BCUT2D eigenvalue weighted by molar-refractivity contribution is -0.0613. The summed E-state index contributed by atoms with van der Waals surface area (Å²) in [4.78, 5) is -0.308. The minimum atomic E-state index is -3.99. The van der Waals surface area contributed by atoms with Gasteiger partial charge in [0.1, 0.15) is 11.0 Å². The van der Waals surface area contributed by atoms with E-state index in [-0.39, 0.29) is 48.8 Å². The Hall–Kier alpha value is -1.50. The molecule has 1 atom stereocenters. The average Bonchev–Trinajstić information content (AvgIpc) is 2.94. The lowest BCUT2D eigenvalue weighted by Crippen LogP contribution is -2.39. The number of nitrogens with zero attached hydrogens (tertiary/aromatic N) is 1. The number of nitriles is 1. The molecule has 2 N–H and O–H groups in total. The molecule has 0 aromatic carbocycles. The molecule has 1 heterocycles. The lowest BCUT2D eigenvalue weighted by Gasteiger charge is -2.31. The largest absolute Gasteiger partial charge is 0.452 e. The molecule has 1 unspecified atom stereocenters. The highest BCUT2D eigenvalue weighted by atomic mass is 32.2. The fourth-order valence-electron chi connectivity index (χ4n) is 2.48. The molecule has 0 saturated heterocycles. The minimum absolute atomic E-state index is 0.144. The zero-order chi connectivity index (χ0) is 16.4. The van der Waals surface area contributed by atoms with Gasteiger partial charge < -0.3 is 9.52 Å².